The van der Waals surface area contributed by atoms with Crippen LogP contribution in [-0.2, 0) is 4.79 Å². The quantitative estimate of drug-likeness (QED) is 0.859. The van der Waals surface area contributed by atoms with Gasteiger partial charge in [-0.3, -0.25) is 4.79 Å². The fraction of sp³-hybridized carbons (Fsp3) is 0.417. The second-order valence-electron chi connectivity index (χ2n) is 3.95. The van der Waals surface area contributed by atoms with Gasteiger partial charge in [-0.2, -0.15) is 0 Å². The van der Waals surface area contributed by atoms with Crippen LogP contribution in [0.5, 0.6) is 5.75 Å². The van der Waals surface area contributed by atoms with Crippen molar-refractivity contribution in [2.75, 3.05) is 20.7 Å². The number of rotatable bonds is 3. The van der Waals surface area contributed by atoms with E-state index in [1.807, 2.05) is 25.2 Å². The van der Waals surface area contributed by atoms with Crippen LogP contribution in [-0.4, -0.2) is 36.8 Å². The van der Waals surface area contributed by atoms with Gasteiger partial charge in [-0.1, -0.05) is 15.9 Å². The van der Waals surface area contributed by atoms with Crippen LogP contribution in [0.1, 0.15) is 6.42 Å². The molecule has 92 valence electrons. The van der Waals surface area contributed by atoms with Crippen molar-refractivity contribution in [1.29, 1.82) is 0 Å². The zero-order valence-electron chi connectivity index (χ0n) is 9.77. The predicted octanol–water partition coefficient (Wildman–Crippen LogP) is 2.78. The van der Waals surface area contributed by atoms with Crippen LogP contribution in [0.25, 0.3) is 0 Å². The molecule has 0 aromatic heterocycles. The first-order chi connectivity index (χ1) is 8.11. The summed E-state index contributed by atoms with van der Waals surface area (Å²) in [5.74, 6) is 1.03. The molecule has 0 bridgehead atoms. The highest BCUT2D eigenvalue weighted by Crippen LogP contribution is 2.37. The van der Waals surface area contributed by atoms with Gasteiger partial charge in [0.1, 0.15) is 5.75 Å². The van der Waals surface area contributed by atoms with Gasteiger partial charge in [-0.05, 0) is 24.6 Å². The predicted molar refractivity (Wildman–Crippen MR) is 72.6 cm³/mol. The van der Waals surface area contributed by atoms with Gasteiger partial charge >= 0.3 is 0 Å². The molecule has 5 heteroatoms. The normalized spacial score (nSPS) is 19.8. The molecule has 0 unspecified atom stereocenters. The molecular formula is C12H14BrNO2S. The van der Waals surface area contributed by atoms with Crippen molar-refractivity contribution < 1.29 is 9.53 Å². The molecule has 0 N–H and O–H groups in total. The van der Waals surface area contributed by atoms with Gasteiger partial charge < -0.3 is 9.64 Å². The number of likely N-dealkylation sites (tertiary alicyclic amines) is 1. The average Bonchev–Trinajstić information content (AvgIpc) is 2.61. The summed E-state index contributed by atoms with van der Waals surface area (Å²) in [6.45, 7) is 0.840. The second-order valence-corrected chi connectivity index (χ2v) is 6.11. The molecular weight excluding hydrogens is 302 g/mol. The van der Waals surface area contributed by atoms with Crippen molar-refractivity contribution in [3.05, 3.63) is 22.7 Å². The molecule has 0 radical (unpaired) electrons. The Morgan fingerprint density at radius 3 is 2.88 bits per heavy atom. The van der Waals surface area contributed by atoms with Crippen LogP contribution in [0.15, 0.2) is 27.6 Å². The Morgan fingerprint density at radius 1 is 1.53 bits per heavy atom. The summed E-state index contributed by atoms with van der Waals surface area (Å²) in [6.07, 6.45) is 0.898. The maximum atomic E-state index is 11.8. The minimum atomic E-state index is 0.0169. The highest BCUT2D eigenvalue weighted by molar-refractivity contribution is 9.10. The Morgan fingerprint density at radius 2 is 2.29 bits per heavy atom. The lowest BCUT2D eigenvalue weighted by molar-refractivity contribution is -0.126. The molecule has 1 amide bonds. The molecule has 1 saturated heterocycles. The minimum absolute atomic E-state index is 0.0169. The van der Waals surface area contributed by atoms with E-state index in [0.717, 1.165) is 28.1 Å². The minimum Gasteiger partial charge on any atom is -0.496 e. The van der Waals surface area contributed by atoms with Gasteiger partial charge in [0, 0.05) is 18.1 Å². The summed E-state index contributed by atoms with van der Waals surface area (Å²) in [7, 11) is 3.50. The number of carbonyl (C=O) groups excluding carboxylic acids is 1. The van der Waals surface area contributed by atoms with Crippen molar-refractivity contribution in [3.63, 3.8) is 0 Å². The molecule has 1 atom stereocenters. The lowest BCUT2D eigenvalue weighted by atomic mass is 10.3. The molecule has 1 fully saturated rings. The van der Waals surface area contributed by atoms with E-state index >= 15 is 0 Å². The fourth-order valence-electron chi connectivity index (χ4n) is 1.80. The zero-order valence-corrected chi connectivity index (χ0v) is 12.2. The average molecular weight is 316 g/mol. The maximum absolute atomic E-state index is 11.8. The largest absolute Gasteiger partial charge is 0.496 e. The van der Waals surface area contributed by atoms with Gasteiger partial charge in [-0.25, -0.2) is 0 Å². The summed E-state index contributed by atoms with van der Waals surface area (Å²) < 4.78 is 6.31. The Bertz CT molecular complexity index is 439. The van der Waals surface area contributed by atoms with Gasteiger partial charge in [0.2, 0.25) is 5.91 Å². The first-order valence-electron chi connectivity index (χ1n) is 5.37. The molecule has 1 aromatic carbocycles. The number of nitrogens with zero attached hydrogens (tertiary/aromatic N) is 1. The standard InChI is InChI=1S/C12H14BrNO2S/c1-14-6-5-10(12(14)15)17-11-7-8(13)3-4-9(11)16-2/h3-4,7,10H,5-6H2,1-2H3/t10-/m1/s1. The van der Waals surface area contributed by atoms with Gasteiger partial charge in [-0.15, -0.1) is 11.8 Å². The molecule has 0 aliphatic carbocycles. The van der Waals surface area contributed by atoms with Crippen molar-refractivity contribution >= 4 is 33.6 Å². The molecule has 1 heterocycles. The van der Waals surface area contributed by atoms with Gasteiger partial charge in [0.05, 0.1) is 17.3 Å². The third-order valence-corrected chi connectivity index (χ3v) is 4.56. The van der Waals surface area contributed by atoms with Crippen LogP contribution in [0.3, 0.4) is 0 Å². The van der Waals surface area contributed by atoms with Gasteiger partial charge in [0.25, 0.3) is 0 Å². The topological polar surface area (TPSA) is 29.5 Å². The van der Waals surface area contributed by atoms with Crippen molar-refractivity contribution in [2.24, 2.45) is 0 Å². The number of thioether (sulfide) groups is 1. The number of benzene rings is 1. The summed E-state index contributed by atoms with van der Waals surface area (Å²) in [4.78, 5) is 14.6. The van der Waals surface area contributed by atoms with Crippen LogP contribution >= 0.6 is 27.7 Å². The lowest BCUT2D eigenvalue weighted by Gasteiger charge is -2.12. The Labute approximate surface area is 114 Å². The van der Waals surface area contributed by atoms with E-state index in [0.29, 0.717) is 0 Å². The molecule has 3 nitrogen and oxygen atoms in total. The molecule has 17 heavy (non-hydrogen) atoms. The Hall–Kier alpha value is -0.680. The molecule has 1 aromatic rings. The number of halogens is 1. The summed E-state index contributed by atoms with van der Waals surface area (Å²) >= 11 is 5.02. The van der Waals surface area contributed by atoms with Crippen molar-refractivity contribution in [1.82, 2.24) is 4.90 Å². The van der Waals surface area contributed by atoms with E-state index in [9.17, 15) is 4.79 Å². The smallest absolute Gasteiger partial charge is 0.235 e. The molecule has 0 spiro atoms. The molecule has 1 aliphatic rings. The summed E-state index contributed by atoms with van der Waals surface area (Å²) in [5.41, 5.74) is 0. The number of amides is 1. The van der Waals surface area contributed by atoms with Crippen LogP contribution in [0.4, 0.5) is 0 Å². The third-order valence-electron chi connectivity index (χ3n) is 2.77. The number of hydrogen-bond donors (Lipinski definition) is 0. The van der Waals surface area contributed by atoms with Crippen molar-refractivity contribution in [3.8, 4) is 5.75 Å². The molecule has 0 saturated carbocycles. The highest BCUT2D eigenvalue weighted by atomic mass is 79.9. The highest BCUT2D eigenvalue weighted by Gasteiger charge is 2.30. The summed E-state index contributed by atoms with van der Waals surface area (Å²) in [5, 5.41) is 0.0169. The third kappa shape index (κ3) is 2.77. The first kappa shape index (κ1) is 12.8. The SMILES string of the molecule is COc1ccc(Br)cc1S[C@@H]1CCN(C)C1=O. The van der Waals surface area contributed by atoms with Crippen LogP contribution in [0.2, 0.25) is 0 Å². The van der Waals surface area contributed by atoms with E-state index in [2.05, 4.69) is 15.9 Å². The van der Waals surface area contributed by atoms with E-state index in [1.165, 1.54) is 0 Å². The maximum Gasteiger partial charge on any atom is 0.235 e. The number of ether oxygens (including phenoxy) is 1. The Kier molecular flexibility index (Phi) is 3.99. The van der Waals surface area contributed by atoms with E-state index in [1.54, 1.807) is 23.8 Å². The first-order valence-corrected chi connectivity index (χ1v) is 7.04. The number of carbonyl (C=O) groups is 1. The zero-order chi connectivity index (χ0) is 12.4. The number of hydrogen-bond acceptors (Lipinski definition) is 3. The molecule has 2 rings (SSSR count). The van der Waals surface area contributed by atoms with E-state index in [4.69, 9.17) is 4.74 Å². The Balaban J connectivity index is 2.18. The monoisotopic (exact) mass is 315 g/mol. The summed E-state index contributed by atoms with van der Waals surface area (Å²) in [6, 6.07) is 5.84. The number of methoxy groups -OCH3 is 1. The van der Waals surface area contributed by atoms with Crippen LogP contribution in [0, 0.1) is 0 Å². The van der Waals surface area contributed by atoms with E-state index in [-0.39, 0.29) is 11.2 Å². The lowest BCUT2D eigenvalue weighted by Crippen LogP contribution is -2.23. The van der Waals surface area contributed by atoms with Crippen molar-refractivity contribution in [2.45, 2.75) is 16.6 Å². The molecule has 1 aliphatic heterocycles. The van der Waals surface area contributed by atoms with Gasteiger partial charge in [0.15, 0.2) is 0 Å². The fourth-order valence-corrected chi connectivity index (χ4v) is 3.58. The van der Waals surface area contributed by atoms with E-state index < -0.39 is 0 Å². The van der Waals surface area contributed by atoms with Crippen LogP contribution < -0.4 is 4.74 Å². The second kappa shape index (κ2) is 5.31.